The van der Waals surface area contributed by atoms with Crippen molar-refractivity contribution in [3.8, 4) is 0 Å². The number of pyridine rings is 1. The van der Waals surface area contributed by atoms with Crippen molar-refractivity contribution in [1.82, 2.24) is 19.8 Å². The third-order valence-electron chi connectivity index (χ3n) is 5.50. The van der Waals surface area contributed by atoms with E-state index in [9.17, 15) is 9.59 Å². The van der Waals surface area contributed by atoms with Crippen LogP contribution in [0.3, 0.4) is 0 Å². The van der Waals surface area contributed by atoms with E-state index in [1.807, 2.05) is 24.6 Å². The molecule has 2 aromatic rings. The van der Waals surface area contributed by atoms with E-state index in [2.05, 4.69) is 15.2 Å². The lowest BCUT2D eigenvalue weighted by Gasteiger charge is -2.35. The van der Waals surface area contributed by atoms with Gasteiger partial charge in [-0.25, -0.2) is 4.98 Å². The summed E-state index contributed by atoms with van der Waals surface area (Å²) in [5, 5.41) is 6.27. The third kappa shape index (κ3) is 3.64. The normalized spacial score (nSPS) is 18.7. The van der Waals surface area contributed by atoms with E-state index in [1.165, 1.54) is 0 Å². The van der Waals surface area contributed by atoms with Crippen LogP contribution in [-0.2, 0) is 0 Å². The number of nitrogens with one attached hydrogen (secondary N) is 1. The molecule has 2 aliphatic rings. The second-order valence-electron chi connectivity index (χ2n) is 7.16. The zero-order valence-corrected chi connectivity index (χ0v) is 16.4. The molecule has 0 radical (unpaired) electrons. The molecule has 0 unspecified atom stereocenters. The quantitative estimate of drug-likeness (QED) is 0.864. The Hall–Kier alpha value is -2.19. The number of hydrogen-bond acceptors (Lipinski definition) is 6. The van der Waals surface area contributed by atoms with E-state index in [-0.39, 0.29) is 17.5 Å². The topological polar surface area (TPSA) is 70.5 Å². The minimum atomic E-state index is -0.144. The Labute approximate surface area is 162 Å². The maximum absolute atomic E-state index is 13.1. The zero-order chi connectivity index (χ0) is 18.8. The standard InChI is InChI=1S/C19H25N5O2S/c1-14-4-8-24(15-2-5-20-6-3-15)18(26)16(14)17(25)22-9-11-23(12-10-22)19-21-7-13-27-19/h4,7-8,13,15,20H,2-3,5-6,9-12H2,1H3. The minimum Gasteiger partial charge on any atom is -0.345 e. The highest BCUT2D eigenvalue weighted by Gasteiger charge is 2.27. The van der Waals surface area contributed by atoms with Gasteiger partial charge >= 0.3 is 0 Å². The van der Waals surface area contributed by atoms with Gasteiger partial charge in [0, 0.05) is 50.0 Å². The van der Waals surface area contributed by atoms with E-state index < -0.39 is 0 Å². The number of thiazole rings is 1. The predicted octanol–water partition coefficient (Wildman–Crippen LogP) is 1.50. The summed E-state index contributed by atoms with van der Waals surface area (Å²) in [5.41, 5.74) is 0.950. The molecule has 1 amide bonds. The number of nitrogens with zero attached hydrogens (tertiary/aromatic N) is 4. The lowest BCUT2D eigenvalue weighted by atomic mass is 10.0. The molecular formula is C19H25N5O2S. The number of anilines is 1. The highest BCUT2D eigenvalue weighted by Crippen LogP contribution is 2.21. The number of aromatic nitrogens is 2. The molecule has 2 aliphatic heterocycles. The molecule has 2 fully saturated rings. The Bertz CT molecular complexity index is 849. The number of piperidine rings is 1. The van der Waals surface area contributed by atoms with Crippen LogP contribution in [0.1, 0.15) is 34.8 Å². The summed E-state index contributed by atoms with van der Waals surface area (Å²) in [6.45, 7) is 6.38. The first-order valence-electron chi connectivity index (χ1n) is 9.51. The smallest absolute Gasteiger partial charge is 0.263 e. The number of piperazine rings is 1. The number of amides is 1. The van der Waals surface area contributed by atoms with Gasteiger partial charge in [0.15, 0.2) is 5.13 Å². The Balaban J connectivity index is 1.52. The van der Waals surface area contributed by atoms with Gasteiger partial charge in [-0.2, -0.15) is 0 Å². The molecule has 27 heavy (non-hydrogen) atoms. The fourth-order valence-electron chi connectivity index (χ4n) is 3.90. The molecule has 0 aromatic carbocycles. The number of carbonyl (C=O) groups excluding carboxylic acids is 1. The maximum Gasteiger partial charge on any atom is 0.263 e. The molecule has 0 aliphatic carbocycles. The Morgan fingerprint density at radius 1 is 1.22 bits per heavy atom. The van der Waals surface area contributed by atoms with Crippen LogP contribution >= 0.6 is 11.3 Å². The first-order chi connectivity index (χ1) is 13.1. The minimum absolute atomic E-state index is 0.139. The van der Waals surface area contributed by atoms with Crippen molar-refractivity contribution >= 4 is 22.4 Å². The lowest BCUT2D eigenvalue weighted by Crippen LogP contribution is -2.50. The molecular weight excluding hydrogens is 362 g/mol. The highest BCUT2D eigenvalue weighted by molar-refractivity contribution is 7.13. The zero-order valence-electron chi connectivity index (χ0n) is 15.6. The molecule has 2 saturated heterocycles. The van der Waals surface area contributed by atoms with E-state index in [1.54, 1.807) is 27.0 Å². The molecule has 8 heteroatoms. The molecule has 0 bridgehead atoms. The van der Waals surface area contributed by atoms with Crippen LogP contribution in [0.2, 0.25) is 0 Å². The fourth-order valence-corrected chi connectivity index (χ4v) is 4.60. The van der Waals surface area contributed by atoms with Gasteiger partial charge < -0.3 is 19.7 Å². The van der Waals surface area contributed by atoms with E-state index in [0.29, 0.717) is 18.7 Å². The monoisotopic (exact) mass is 387 g/mol. The Morgan fingerprint density at radius 2 is 1.96 bits per heavy atom. The van der Waals surface area contributed by atoms with Crippen LogP contribution in [-0.4, -0.2) is 59.6 Å². The van der Waals surface area contributed by atoms with E-state index in [0.717, 1.165) is 49.7 Å². The van der Waals surface area contributed by atoms with Gasteiger partial charge in [-0.3, -0.25) is 9.59 Å². The van der Waals surface area contributed by atoms with Crippen LogP contribution in [0.4, 0.5) is 5.13 Å². The van der Waals surface area contributed by atoms with E-state index >= 15 is 0 Å². The van der Waals surface area contributed by atoms with Gasteiger partial charge in [0.2, 0.25) is 0 Å². The van der Waals surface area contributed by atoms with Gasteiger partial charge in [-0.15, -0.1) is 11.3 Å². The number of aryl methyl sites for hydroxylation is 1. The number of carbonyl (C=O) groups is 1. The van der Waals surface area contributed by atoms with Crippen molar-refractivity contribution in [2.45, 2.75) is 25.8 Å². The van der Waals surface area contributed by atoms with Crippen LogP contribution < -0.4 is 15.8 Å². The third-order valence-corrected chi connectivity index (χ3v) is 6.33. The number of rotatable bonds is 3. The average molecular weight is 388 g/mol. The number of hydrogen-bond donors (Lipinski definition) is 1. The molecule has 0 atom stereocenters. The summed E-state index contributed by atoms with van der Waals surface area (Å²) in [6.07, 6.45) is 5.49. The predicted molar refractivity (Wildman–Crippen MR) is 107 cm³/mol. The second-order valence-corrected chi connectivity index (χ2v) is 8.03. The average Bonchev–Trinajstić information content (AvgIpc) is 3.24. The van der Waals surface area contributed by atoms with Crippen molar-refractivity contribution < 1.29 is 4.79 Å². The molecule has 4 heterocycles. The summed E-state index contributed by atoms with van der Waals surface area (Å²) < 4.78 is 1.77. The largest absolute Gasteiger partial charge is 0.345 e. The lowest BCUT2D eigenvalue weighted by molar-refractivity contribution is 0.0743. The van der Waals surface area contributed by atoms with E-state index in [4.69, 9.17) is 0 Å². The summed E-state index contributed by atoms with van der Waals surface area (Å²) in [7, 11) is 0. The molecule has 0 spiro atoms. The van der Waals surface area contributed by atoms with Crippen molar-refractivity contribution in [2.75, 3.05) is 44.2 Å². The molecule has 4 rings (SSSR count). The van der Waals surface area contributed by atoms with Crippen LogP contribution in [0.15, 0.2) is 28.6 Å². The van der Waals surface area contributed by atoms with Crippen molar-refractivity contribution in [3.05, 3.63) is 45.3 Å². The fraction of sp³-hybridized carbons (Fsp3) is 0.526. The van der Waals surface area contributed by atoms with Gasteiger partial charge in [0.25, 0.3) is 11.5 Å². The van der Waals surface area contributed by atoms with Gasteiger partial charge in [-0.1, -0.05) is 0 Å². The van der Waals surface area contributed by atoms with Gasteiger partial charge in [0.05, 0.1) is 0 Å². The van der Waals surface area contributed by atoms with Crippen molar-refractivity contribution in [2.24, 2.45) is 0 Å². The molecule has 144 valence electrons. The van der Waals surface area contributed by atoms with Crippen LogP contribution in [0.5, 0.6) is 0 Å². The Kier molecular flexibility index (Phi) is 5.27. The summed E-state index contributed by atoms with van der Waals surface area (Å²) in [6, 6.07) is 2.08. The molecule has 1 N–H and O–H groups in total. The summed E-state index contributed by atoms with van der Waals surface area (Å²) >= 11 is 1.61. The van der Waals surface area contributed by atoms with Crippen LogP contribution in [0, 0.1) is 6.92 Å². The van der Waals surface area contributed by atoms with Gasteiger partial charge in [-0.05, 0) is 44.5 Å². The first-order valence-corrected chi connectivity index (χ1v) is 10.4. The second kappa shape index (κ2) is 7.82. The molecule has 7 nitrogen and oxygen atoms in total. The Morgan fingerprint density at radius 3 is 2.63 bits per heavy atom. The SMILES string of the molecule is Cc1ccn(C2CCNCC2)c(=O)c1C(=O)N1CCN(c2nccs2)CC1. The van der Waals surface area contributed by atoms with Crippen LogP contribution in [0.25, 0.3) is 0 Å². The maximum atomic E-state index is 13.1. The summed E-state index contributed by atoms with van der Waals surface area (Å²) in [4.78, 5) is 34.6. The molecule has 2 aromatic heterocycles. The highest BCUT2D eigenvalue weighted by atomic mass is 32.1. The molecule has 0 saturated carbocycles. The first kappa shape index (κ1) is 18.2. The summed E-state index contributed by atoms with van der Waals surface area (Å²) in [5.74, 6) is -0.139. The van der Waals surface area contributed by atoms with Crippen molar-refractivity contribution in [1.29, 1.82) is 0 Å². The van der Waals surface area contributed by atoms with Crippen molar-refractivity contribution in [3.63, 3.8) is 0 Å². The van der Waals surface area contributed by atoms with Gasteiger partial charge in [0.1, 0.15) is 5.56 Å².